The zero-order valence-electron chi connectivity index (χ0n) is 56.0. The Hall–Kier alpha value is -10.4. The summed E-state index contributed by atoms with van der Waals surface area (Å²) >= 11 is 0. The molecule has 14 aromatic rings. The van der Waals surface area contributed by atoms with Gasteiger partial charge >= 0.3 is 42.1 Å². The molecule has 3 aliphatic carbocycles. The molecule has 0 amide bonds. The average molecular weight is 1660 g/mol. The fraction of sp³-hybridized carbons (Fsp3) is 0.121. The third kappa shape index (κ3) is 11.4. The number of para-hydroxylation sites is 2. The van der Waals surface area contributed by atoms with Crippen LogP contribution >= 0.6 is 0 Å². The summed E-state index contributed by atoms with van der Waals surface area (Å²) in [5, 5.41) is 0. The van der Waals surface area contributed by atoms with E-state index in [4.69, 9.17) is 29.2 Å². The summed E-state index contributed by atoms with van der Waals surface area (Å²) in [5.41, 5.74) is 19.2. The van der Waals surface area contributed by atoms with Crippen LogP contribution in [0.15, 0.2) is 303 Å². The van der Waals surface area contributed by atoms with Gasteiger partial charge in [0, 0.05) is 41.6 Å². The van der Waals surface area contributed by atoms with Crippen molar-refractivity contribution in [1.82, 2.24) is 19.9 Å². The molecule has 0 saturated carbocycles. The molecule has 0 aliphatic heterocycles. The zero-order chi connectivity index (χ0) is 66.6. The standard InChI is InChI=1S/C52H38N2O.C39H30N2O2.2Pt/c1-50(2,3)36-33-47(51(35-19-6-4-7-20-35)42-27-14-10-23-38(42)39-24-11-15-28-43(39)51)53-48(34-36)52(44-29-16-12-25-40(44)41-26-13-17-30-45(41)52)46-31-18-32-49(54-46)55-37-21-8-5-9-22-37;1-38(2,3)28-25-35(41-37(26-28)42-29-15-5-4-6-16-29)39(27-14-13-17-30(24-27)43-36-22-11-12-23-40-36)33-20-9-7-18-31(33)32-19-8-10-21-34(32)39;;/h4-19,21,23-34H,1-3H3;4-15,17-23,25-26H,1-3H3;;/q2*-2;2*+2. The van der Waals surface area contributed by atoms with Crippen LogP contribution in [0.5, 0.6) is 34.9 Å². The molecule has 0 atom stereocenters. The van der Waals surface area contributed by atoms with E-state index < -0.39 is 16.2 Å². The monoisotopic (exact) mass is 1650 g/mol. The van der Waals surface area contributed by atoms with Crippen molar-refractivity contribution < 1.29 is 56.3 Å². The molecule has 10 aromatic carbocycles. The molecule has 0 radical (unpaired) electrons. The van der Waals surface area contributed by atoms with Crippen molar-refractivity contribution in [3.63, 3.8) is 0 Å². The molecule has 0 saturated heterocycles. The van der Waals surface area contributed by atoms with Crippen molar-refractivity contribution in [3.05, 3.63) is 406 Å². The van der Waals surface area contributed by atoms with Crippen molar-refractivity contribution in [3.8, 4) is 68.3 Å². The van der Waals surface area contributed by atoms with E-state index >= 15 is 0 Å². The Morgan fingerprint density at radius 1 is 0.290 bits per heavy atom. The summed E-state index contributed by atoms with van der Waals surface area (Å²) in [4.78, 5) is 21.0. The van der Waals surface area contributed by atoms with E-state index in [0.29, 0.717) is 34.9 Å². The number of ether oxygens (including phenoxy) is 3. The SMILES string of the molecule is CC(C)(C)c1cc(C2(c3[c-]cccc3)c3ccccc3-c3ccccc32)nc(C2(c3cccc(Oc4[c-]cccc4)n3)c3ccccc3-c3ccccc32)c1.CC(C)(C)c1cc(Oc2[c-]cccc2)nc(C2(c3[c-]c(Oc4ccccn4)ccc3)c3ccccc3-c3ccccc32)c1.[Pt+2].[Pt+2]. The first kappa shape index (κ1) is 66.8. The molecule has 4 aromatic heterocycles. The second-order valence-corrected chi connectivity index (χ2v) is 27.2. The molecule has 17 rings (SSSR count). The van der Waals surface area contributed by atoms with E-state index in [1.807, 2.05) is 109 Å². The van der Waals surface area contributed by atoms with E-state index in [1.54, 1.807) is 6.20 Å². The number of nitrogens with zero attached hydrogens (tertiary/aromatic N) is 4. The molecule has 490 valence electrons. The second-order valence-electron chi connectivity index (χ2n) is 27.2. The molecule has 4 heterocycles. The molecule has 3 aliphatic rings. The Bertz CT molecular complexity index is 5170. The molecule has 0 N–H and O–H groups in total. The van der Waals surface area contributed by atoms with Crippen molar-refractivity contribution in [2.75, 3.05) is 0 Å². The van der Waals surface area contributed by atoms with Gasteiger partial charge in [-0.3, -0.25) is 4.98 Å². The number of hydrogen-bond donors (Lipinski definition) is 0. The van der Waals surface area contributed by atoms with Gasteiger partial charge in [-0.2, -0.15) is 78.9 Å². The van der Waals surface area contributed by atoms with Crippen molar-refractivity contribution >= 4 is 0 Å². The average Bonchev–Trinajstić information content (AvgIpc) is 1.51. The molecule has 0 fully saturated rings. The Balaban J connectivity index is 0.000000172. The molecule has 9 heteroatoms. The first-order chi connectivity index (χ1) is 47.8. The minimum atomic E-state index is -0.873. The fourth-order valence-corrected chi connectivity index (χ4v) is 15.0. The van der Waals surface area contributed by atoms with Crippen LogP contribution in [-0.2, 0) is 69.2 Å². The first-order valence-electron chi connectivity index (χ1n) is 33.3. The predicted octanol–water partition coefficient (Wildman–Crippen LogP) is 21.2. The number of rotatable bonds is 12. The summed E-state index contributed by atoms with van der Waals surface area (Å²) < 4.78 is 18.9. The number of fused-ring (bicyclic) bond motifs is 9. The first-order valence-corrected chi connectivity index (χ1v) is 33.3. The Morgan fingerprint density at radius 2 is 0.650 bits per heavy atom. The molecule has 100 heavy (non-hydrogen) atoms. The number of pyridine rings is 4. The predicted molar refractivity (Wildman–Crippen MR) is 388 cm³/mol. The number of benzene rings is 10. The second kappa shape index (κ2) is 27.0. The van der Waals surface area contributed by atoms with Gasteiger partial charge in [-0.05, 0) is 119 Å². The summed E-state index contributed by atoms with van der Waals surface area (Å²) in [6, 6.07) is 116. The van der Waals surface area contributed by atoms with Crippen LogP contribution in [0.4, 0.5) is 0 Å². The summed E-state index contributed by atoms with van der Waals surface area (Å²) in [7, 11) is 0. The maximum Gasteiger partial charge on any atom is 2.00 e. The van der Waals surface area contributed by atoms with Gasteiger partial charge in [-0.1, -0.05) is 199 Å². The van der Waals surface area contributed by atoms with Crippen LogP contribution in [0.25, 0.3) is 33.4 Å². The van der Waals surface area contributed by atoms with Gasteiger partial charge in [0.2, 0.25) is 17.6 Å². The third-order valence-electron chi connectivity index (χ3n) is 19.4. The van der Waals surface area contributed by atoms with Crippen LogP contribution in [0.2, 0.25) is 0 Å². The van der Waals surface area contributed by atoms with E-state index in [9.17, 15) is 0 Å². The minimum absolute atomic E-state index is 0. The van der Waals surface area contributed by atoms with Crippen molar-refractivity contribution in [2.45, 2.75) is 68.6 Å². The van der Waals surface area contributed by atoms with Crippen molar-refractivity contribution in [1.29, 1.82) is 0 Å². The molecule has 0 spiro atoms. The number of hydrogen-bond acceptors (Lipinski definition) is 7. The maximum atomic E-state index is 6.38. The fourth-order valence-electron chi connectivity index (χ4n) is 15.0. The van der Waals surface area contributed by atoms with Gasteiger partial charge in [0.25, 0.3) is 0 Å². The van der Waals surface area contributed by atoms with Gasteiger partial charge < -0.3 is 14.2 Å². The van der Waals surface area contributed by atoms with Crippen LogP contribution in [0.3, 0.4) is 0 Å². The van der Waals surface area contributed by atoms with Crippen LogP contribution in [-0.4, -0.2) is 19.9 Å². The van der Waals surface area contributed by atoms with E-state index in [2.05, 4.69) is 259 Å². The molecule has 0 unspecified atom stereocenters. The molecule has 0 bridgehead atoms. The van der Waals surface area contributed by atoms with Crippen LogP contribution < -0.4 is 14.2 Å². The van der Waals surface area contributed by atoms with E-state index in [1.165, 1.54) is 50.1 Å². The minimum Gasteiger partial charge on any atom is -0.466 e. The largest absolute Gasteiger partial charge is 2.00 e. The van der Waals surface area contributed by atoms with Crippen LogP contribution in [0.1, 0.15) is 120 Å². The normalized spacial score (nSPS) is 13.6. The van der Waals surface area contributed by atoms with E-state index in [0.717, 1.165) is 61.7 Å². The summed E-state index contributed by atoms with van der Waals surface area (Å²) in [6.45, 7) is 13.5. The van der Waals surface area contributed by atoms with Crippen LogP contribution in [0, 0.1) is 24.3 Å². The maximum absolute atomic E-state index is 6.38. The van der Waals surface area contributed by atoms with E-state index in [-0.39, 0.29) is 53.0 Å². The quantitative estimate of drug-likeness (QED) is 0.113. The van der Waals surface area contributed by atoms with Gasteiger partial charge in [0.15, 0.2) is 0 Å². The Morgan fingerprint density at radius 3 is 1.11 bits per heavy atom. The molecular formula is C91H68N4O3Pt2. The zero-order valence-corrected chi connectivity index (χ0v) is 60.6. The summed E-state index contributed by atoms with van der Waals surface area (Å²) in [5.74, 6) is 3.35. The number of aromatic nitrogens is 4. The van der Waals surface area contributed by atoms with Crippen molar-refractivity contribution in [2.24, 2.45) is 0 Å². The molecular weight excluding hydrogens is 1590 g/mol. The van der Waals surface area contributed by atoms with Gasteiger partial charge in [0.1, 0.15) is 5.41 Å². The third-order valence-corrected chi connectivity index (χ3v) is 19.4. The van der Waals surface area contributed by atoms with Gasteiger partial charge in [0.05, 0.1) is 33.6 Å². The Kier molecular flexibility index (Phi) is 18.0. The Labute approximate surface area is 614 Å². The van der Waals surface area contributed by atoms with Gasteiger partial charge in [-0.15, -0.1) is 47.5 Å². The topological polar surface area (TPSA) is 79.3 Å². The molecule has 7 nitrogen and oxygen atoms in total. The smallest absolute Gasteiger partial charge is 0.466 e. The van der Waals surface area contributed by atoms with Gasteiger partial charge in [-0.25, -0.2) is 15.0 Å². The summed E-state index contributed by atoms with van der Waals surface area (Å²) in [6.07, 6.45) is 1.72.